The number of hydrogen-bond donors (Lipinski definition) is 1. The quantitative estimate of drug-likeness (QED) is 0.532. The number of halogens is 1. The molecule has 0 fully saturated rings. The molecule has 9 heteroatoms. The van der Waals surface area contributed by atoms with Gasteiger partial charge in [-0.15, -0.1) is 11.3 Å². The van der Waals surface area contributed by atoms with Gasteiger partial charge in [0.2, 0.25) is 10.0 Å². The molecule has 0 saturated carbocycles. The smallest absolute Gasteiger partial charge is 0.238 e. The topological polar surface area (TPSA) is 104 Å². The van der Waals surface area contributed by atoms with E-state index < -0.39 is 10.0 Å². The van der Waals surface area contributed by atoms with Crippen LogP contribution in [0.2, 0.25) is 5.02 Å². The first kappa shape index (κ1) is 23.6. The van der Waals surface area contributed by atoms with Crippen LogP contribution in [0, 0.1) is 11.3 Å². The second-order valence-electron chi connectivity index (χ2n) is 8.05. The molecule has 0 spiro atoms. The number of sulfonamides is 1. The Kier molecular flexibility index (Phi) is 6.98. The third kappa shape index (κ3) is 5.52. The predicted octanol–water partition coefficient (Wildman–Crippen LogP) is 3.83. The van der Waals surface area contributed by atoms with Crippen LogP contribution in [0.15, 0.2) is 53.4 Å². The summed E-state index contributed by atoms with van der Waals surface area (Å²) in [6.45, 7) is 2.29. The highest BCUT2D eigenvalue weighted by molar-refractivity contribution is 7.89. The highest BCUT2D eigenvalue weighted by Crippen LogP contribution is 2.34. The minimum absolute atomic E-state index is 0.0118. The van der Waals surface area contributed by atoms with Gasteiger partial charge >= 0.3 is 0 Å². The number of carbonyl (C=O) groups excluding carboxylic acids is 1. The molecule has 0 atom stereocenters. The highest BCUT2D eigenvalue weighted by atomic mass is 35.5. The molecular formula is C24H22ClN3O3S2. The van der Waals surface area contributed by atoms with Gasteiger partial charge in [-0.3, -0.25) is 9.69 Å². The van der Waals surface area contributed by atoms with Crippen molar-refractivity contribution in [2.75, 3.05) is 6.54 Å². The summed E-state index contributed by atoms with van der Waals surface area (Å²) in [4.78, 5) is 17.0. The van der Waals surface area contributed by atoms with Crippen molar-refractivity contribution in [3.05, 3.63) is 85.6 Å². The summed E-state index contributed by atoms with van der Waals surface area (Å²) in [7, 11) is -3.77. The first-order valence-corrected chi connectivity index (χ1v) is 13.1. The minimum Gasteiger partial charge on any atom is -0.299 e. The van der Waals surface area contributed by atoms with Gasteiger partial charge in [-0.25, -0.2) is 13.6 Å². The molecule has 3 aromatic rings. The molecule has 0 unspecified atom stereocenters. The fourth-order valence-corrected chi connectivity index (χ4v) is 6.12. The lowest BCUT2D eigenvalue weighted by Crippen LogP contribution is -2.29. The average Bonchev–Trinajstić information content (AvgIpc) is 3.11. The van der Waals surface area contributed by atoms with Crippen molar-refractivity contribution in [3.8, 4) is 6.07 Å². The Morgan fingerprint density at radius 3 is 2.55 bits per heavy atom. The van der Waals surface area contributed by atoms with E-state index in [2.05, 4.69) is 11.0 Å². The van der Waals surface area contributed by atoms with Crippen LogP contribution in [-0.2, 0) is 47.2 Å². The summed E-state index contributed by atoms with van der Waals surface area (Å²) in [5.74, 6) is -0.0265. The van der Waals surface area contributed by atoms with Gasteiger partial charge in [-0.05, 0) is 41.3 Å². The van der Waals surface area contributed by atoms with Crippen LogP contribution in [0.4, 0.5) is 0 Å². The molecule has 1 aromatic heterocycles. The molecule has 2 heterocycles. The Morgan fingerprint density at radius 1 is 1.15 bits per heavy atom. The maximum Gasteiger partial charge on any atom is 0.238 e. The maximum atomic E-state index is 12.7. The summed E-state index contributed by atoms with van der Waals surface area (Å²) >= 11 is 7.85. The van der Waals surface area contributed by atoms with E-state index in [-0.39, 0.29) is 23.5 Å². The SMILES string of the molecule is N#Cc1c(CC(=O)Cc2ccc(S(N)(=O)=O)cc2)sc2c1CCN(Cc1ccccc1Cl)C2. The number of thiophene rings is 1. The first-order valence-electron chi connectivity index (χ1n) is 10.4. The van der Waals surface area contributed by atoms with E-state index in [0.29, 0.717) is 11.1 Å². The molecular weight excluding hydrogens is 478 g/mol. The van der Waals surface area contributed by atoms with Crippen LogP contribution in [0.1, 0.15) is 32.0 Å². The Morgan fingerprint density at radius 2 is 1.88 bits per heavy atom. The second-order valence-corrected chi connectivity index (χ2v) is 11.2. The zero-order chi connectivity index (χ0) is 23.6. The summed E-state index contributed by atoms with van der Waals surface area (Å²) in [5.41, 5.74) is 3.46. The van der Waals surface area contributed by atoms with Gasteiger partial charge < -0.3 is 0 Å². The zero-order valence-electron chi connectivity index (χ0n) is 17.8. The fraction of sp³-hybridized carbons (Fsp3) is 0.250. The molecule has 0 aliphatic carbocycles. The van der Waals surface area contributed by atoms with E-state index in [1.807, 2.05) is 24.3 Å². The van der Waals surface area contributed by atoms with Gasteiger partial charge in [0.1, 0.15) is 11.9 Å². The van der Waals surface area contributed by atoms with Crippen LogP contribution < -0.4 is 5.14 Å². The number of fused-ring (bicyclic) bond motifs is 1. The summed E-state index contributed by atoms with van der Waals surface area (Å²) in [5, 5.41) is 15.6. The fourth-order valence-electron chi connectivity index (χ4n) is 4.04. The number of Topliss-reactive ketones (excluding diaryl/α,β-unsaturated/α-hetero) is 1. The van der Waals surface area contributed by atoms with Crippen molar-refractivity contribution in [2.45, 2.75) is 37.2 Å². The van der Waals surface area contributed by atoms with Gasteiger partial charge in [-0.1, -0.05) is 41.9 Å². The monoisotopic (exact) mass is 499 g/mol. The highest BCUT2D eigenvalue weighted by Gasteiger charge is 2.25. The summed E-state index contributed by atoms with van der Waals surface area (Å²) in [6, 6.07) is 16.1. The summed E-state index contributed by atoms with van der Waals surface area (Å²) in [6.07, 6.45) is 1.11. The molecule has 0 radical (unpaired) electrons. The van der Waals surface area contributed by atoms with E-state index in [4.69, 9.17) is 16.7 Å². The van der Waals surface area contributed by atoms with Crippen molar-refractivity contribution < 1.29 is 13.2 Å². The molecule has 33 heavy (non-hydrogen) atoms. The molecule has 2 N–H and O–H groups in total. The van der Waals surface area contributed by atoms with E-state index in [1.165, 1.54) is 23.5 Å². The van der Waals surface area contributed by atoms with Gasteiger partial charge in [0.05, 0.1) is 10.5 Å². The van der Waals surface area contributed by atoms with E-state index in [9.17, 15) is 18.5 Å². The summed E-state index contributed by atoms with van der Waals surface area (Å²) < 4.78 is 22.8. The van der Waals surface area contributed by atoms with Gasteiger partial charge in [0, 0.05) is 47.3 Å². The Labute approximate surface area is 202 Å². The lowest BCUT2D eigenvalue weighted by molar-refractivity contribution is -0.117. The molecule has 170 valence electrons. The largest absolute Gasteiger partial charge is 0.299 e. The van der Waals surface area contributed by atoms with Crippen molar-refractivity contribution in [1.29, 1.82) is 5.26 Å². The number of primary sulfonamides is 1. The number of carbonyl (C=O) groups is 1. The van der Waals surface area contributed by atoms with Gasteiger partial charge in [-0.2, -0.15) is 5.26 Å². The molecule has 6 nitrogen and oxygen atoms in total. The Hall–Kier alpha value is -2.54. The maximum absolute atomic E-state index is 12.7. The number of nitriles is 1. The molecule has 0 bridgehead atoms. The third-order valence-corrected chi connectivity index (χ3v) is 8.20. The average molecular weight is 500 g/mol. The lowest BCUT2D eigenvalue weighted by Gasteiger charge is -2.27. The molecule has 4 rings (SSSR count). The van der Waals surface area contributed by atoms with Crippen molar-refractivity contribution in [3.63, 3.8) is 0 Å². The van der Waals surface area contributed by atoms with Crippen molar-refractivity contribution >= 4 is 38.7 Å². The van der Waals surface area contributed by atoms with Crippen LogP contribution in [0.3, 0.4) is 0 Å². The standard InChI is InChI=1S/C24H22ClN3O3S2/c25-22-4-2-1-3-17(22)14-28-10-9-20-21(13-26)23(32-24(20)15-28)12-18(29)11-16-5-7-19(8-6-16)33(27,30)31/h1-8H,9-12,14-15H2,(H2,27,30,31). The number of benzene rings is 2. The van der Waals surface area contributed by atoms with Crippen LogP contribution in [-0.4, -0.2) is 25.6 Å². The lowest BCUT2D eigenvalue weighted by atomic mass is 9.99. The molecule has 1 aliphatic rings. The molecule has 2 aromatic carbocycles. The van der Waals surface area contributed by atoms with Gasteiger partial charge in [0.15, 0.2) is 0 Å². The van der Waals surface area contributed by atoms with E-state index >= 15 is 0 Å². The number of rotatable bonds is 7. The Bertz CT molecular complexity index is 1340. The Balaban J connectivity index is 1.45. The third-order valence-electron chi connectivity index (χ3n) is 5.68. The molecule has 0 saturated heterocycles. The van der Waals surface area contributed by atoms with E-state index in [0.717, 1.165) is 52.0 Å². The van der Waals surface area contributed by atoms with Gasteiger partial charge in [0.25, 0.3) is 0 Å². The predicted molar refractivity (Wildman–Crippen MR) is 129 cm³/mol. The van der Waals surface area contributed by atoms with Crippen LogP contribution >= 0.6 is 22.9 Å². The van der Waals surface area contributed by atoms with E-state index in [1.54, 1.807) is 12.1 Å². The van der Waals surface area contributed by atoms with Crippen LogP contribution in [0.5, 0.6) is 0 Å². The van der Waals surface area contributed by atoms with Crippen LogP contribution in [0.25, 0.3) is 0 Å². The minimum atomic E-state index is -3.77. The van der Waals surface area contributed by atoms with Crippen molar-refractivity contribution in [1.82, 2.24) is 4.90 Å². The van der Waals surface area contributed by atoms with Crippen molar-refractivity contribution in [2.24, 2.45) is 5.14 Å². The zero-order valence-corrected chi connectivity index (χ0v) is 20.1. The number of ketones is 1. The molecule has 1 aliphatic heterocycles. The number of nitrogens with zero attached hydrogens (tertiary/aromatic N) is 2. The second kappa shape index (κ2) is 9.75. The number of hydrogen-bond acceptors (Lipinski definition) is 6. The normalized spacial score (nSPS) is 14.0. The molecule has 0 amide bonds. The first-order chi connectivity index (χ1) is 15.7. The number of nitrogens with two attached hydrogens (primary N) is 1.